The number of ether oxygens (including phenoxy) is 2. The lowest BCUT2D eigenvalue weighted by Crippen LogP contribution is -2.13. The number of aromatic nitrogens is 2. The predicted octanol–water partition coefficient (Wildman–Crippen LogP) is 2.82. The van der Waals surface area contributed by atoms with Crippen LogP contribution < -0.4 is 14.8 Å². The summed E-state index contributed by atoms with van der Waals surface area (Å²) in [6, 6.07) is 15.0. The molecule has 0 aliphatic heterocycles. The first-order valence-corrected chi connectivity index (χ1v) is 10.4. The Morgan fingerprint density at radius 2 is 1.66 bits per heavy atom. The number of methoxy groups -OCH3 is 2. The van der Waals surface area contributed by atoms with Crippen LogP contribution in [0.15, 0.2) is 59.6 Å². The molecule has 0 radical (unpaired) electrons. The molecule has 2 aromatic carbocycles. The molecule has 1 amide bonds. The van der Waals surface area contributed by atoms with Crippen molar-refractivity contribution in [2.45, 2.75) is 5.03 Å². The smallest absolute Gasteiger partial charge is 0.259 e. The largest absolute Gasteiger partial charge is 0.493 e. The molecule has 1 heterocycles. The number of sulfone groups is 1. The first-order valence-electron chi connectivity index (χ1n) is 8.50. The van der Waals surface area contributed by atoms with E-state index in [-0.39, 0.29) is 10.9 Å². The van der Waals surface area contributed by atoms with Crippen molar-refractivity contribution < 1.29 is 22.7 Å². The monoisotopic (exact) mass is 413 g/mol. The van der Waals surface area contributed by atoms with E-state index in [4.69, 9.17) is 9.47 Å². The van der Waals surface area contributed by atoms with Crippen molar-refractivity contribution in [3.05, 3.63) is 60.2 Å². The second-order valence-electron chi connectivity index (χ2n) is 6.10. The molecular formula is C20H19N3O5S. The highest BCUT2D eigenvalue weighted by Gasteiger charge is 2.16. The Hall–Kier alpha value is -3.46. The summed E-state index contributed by atoms with van der Waals surface area (Å²) < 4.78 is 33.5. The van der Waals surface area contributed by atoms with Crippen molar-refractivity contribution in [1.29, 1.82) is 0 Å². The van der Waals surface area contributed by atoms with Crippen LogP contribution in [0.4, 0.5) is 5.69 Å². The first kappa shape index (κ1) is 20.3. The molecule has 1 N–H and O–H groups in total. The maximum atomic E-state index is 12.6. The number of anilines is 1. The number of hydrogen-bond donors (Lipinski definition) is 1. The van der Waals surface area contributed by atoms with E-state index in [0.29, 0.717) is 28.4 Å². The van der Waals surface area contributed by atoms with E-state index in [9.17, 15) is 13.2 Å². The van der Waals surface area contributed by atoms with Crippen LogP contribution in [0.2, 0.25) is 0 Å². The number of carbonyl (C=O) groups is 1. The number of hydrogen-bond acceptors (Lipinski definition) is 7. The average Bonchev–Trinajstić information content (AvgIpc) is 2.73. The molecule has 0 atom stereocenters. The van der Waals surface area contributed by atoms with Crippen molar-refractivity contribution >= 4 is 21.4 Å². The highest BCUT2D eigenvalue weighted by Crippen LogP contribution is 2.31. The van der Waals surface area contributed by atoms with E-state index in [1.807, 2.05) is 0 Å². The summed E-state index contributed by atoms with van der Waals surface area (Å²) in [4.78, 5) is 12.6. The van der Waals surface area contributed by atoms with Crippen LogP contribution in [0.5, 0.6) is 11.5 Å². The molecule has 0 bridgehead atoms. The minimum Gasteiger partial charge on any atom is -0.493 e. The number of nitrogens with zero attached hydrogens (tertiary/aromatic N) is 2. The van der Waals surface area contributed by atoms with Gasteiger partial charge in [-0.3, -0.25) is 4.79 Å². The second kappa shape index (κ2) is 8.27. The Morgan fingerprint density at radius 1 is 0.931 bits per heavy atom. The number of para-hydroxylation sites is 1. The van der Waals surface area contributed by atoms with Crippen molar-refractivity contribution in [3.8, 4) is 22.8 Å². The molecule has 0 saturated carbocycles. The Balaban J connectivity index is 1.78. The SMILES string of the molecule is COc1cccc(C(=O)Nc2ccc(-c3ccc(S(C)(=O)=O)nn3)cc2)c1OC. The zero-order valence-corrected chi connectivity index (χ0v) is 16.9. The zero-order valence-electron chi connectivity index (χ0n) is 16.0. The van der Waals surface area contributed by atoms with E-state index in [0.717, 1.165) is 11.8 Å². The first-order chi connectivity index (χ1) is 13.8. The standard InChI is InChI=1S/C20H19N3O5S/c1-27-17-6-4-5-15(19(17)28-2)20(24)21-14-9-7-13(8-10-14)16-11-12-18(23-22-16)29(3,25)26/h4-12H,1-3H3,(H,21,24). The quantitative estimate of drug-likeness (QED) is 0.662. The predicted molar refractivity (Wildman–Crippen MR) is 108 cm³/mol. The number of carbonyl (C=O) groups excluding carboxylic acids is 1. The van der Waals surface area contributed by atoms with Gasteiger partial charge in [0.2, 0.25) is 0 Å². The third-order valence-electron chi connectivity index (χ3n) is 4.11. The molecule has 0 unspecified atom stereocenters. The molecule has 0 spiro atoms. The van der Waals surface area contributed by atoms with Gasteiger partial charge in [0.05, 0.1) is 25.5 Å². The fourth-order valence-electron chi connectivity index (χ4n) is 2.66. The van der Waals surface area contributed by atoms with Crippen LogP contribution in [-0.4, -0.2) is 45.0 Å². The minimum absolute atomic E-state index is 0.0858. The number of benzene rings is 2. The molecule has 9 heteroatoms. The van der Waals surface area contributed by atoms with Crippen LogP contribution in [0, 0.1) is 0 Å². The van der Waals surface area contributed by atoms with E-state index in [1.165, 1.54) is 20.3 Å². The molecule has 3 aromatic rings. The van der Waals surface area contributed by atoms with Crippen LogP contribution in [0.3, 0.4) is 0 Å². The van der Waals surface area contributed by atoms with Crippen molar-refractivity contribution in [1.82, 2.24) is 10.2 Å². The molecule has 0 fully saturated rings. The Kier molecular flexibility index (Phi) is 5.79. The highest BCUT2D eigenvalue weighted by atomic mass is 32.2. The molecular weight excluding hydrogens is 394 g/mol. The van der Waals surface area contributed by atoms with Gasteiger partial charge < -0.3 is 14.8 Å². The number of amides is 1. The van der Waals surface area contributed by atoms with Crippen molar-refractivity contribution in [3.63, 3.8) is 0 Å². The van der Waals surface area contributed by atoms with Crippen LogP contribution in [0.25, 0.3) is 11.3 Å². The highest BCUT2D eigenvalue weighted by molar-refractivity contribution is 7.90. The molecule has 150 valence electrons. The van der Waals surface area contributed by atoms with Crippen LogP contribution >= 0.6 is 0 Å². The van der Waals surface area contributed by atoms with Gasteiger partial charge in [-0.25, -0.2) is 8.42 Å². The minimum atomic E-state index is -3.40. The van der Waals surface area contributed by atoms with E-state index < -0.39 is 9.84 Å². The van der Waals surface area contributed by atoms with Gasteiger partial charge in [-0.15, -0.1) is 10.2 Å². The summed E-state index contributed by atoms with van der Waals surface area (Å²) in [6.07, 6.45) is 1.07. The summed E-state index contributed by atoms with van der Waals surface area (Å²) in [7, 11) is -0.424. The van der Waals surface area contributed by atoms with Gasteiger partial charge in [-0.1, -0.05) is 18.2 Å². The lowest BCUT2D eigenvalue weighted by molar-refractivity contribution is 0.102. The van der Waals surface area contributed by atoms with Crippen molar-refractivity contribution in [2.75, 3.05) is 25.8 Å². The molecule has 0 saturated heterocycles. The van der Waals surface area contributed by atoms with Gasteiger partial charge in [-0.2, -0.15) is 0 Å². The lowest BCUT2D eigenvalue weighted by Gasteiger charge is -2.12. The molecule has 0 aliphatic rings. The fourth-order valence-corrected chi connectivity index (χ4v) is 3.16. The van der Waals surface area contributed by atoms with Crippen LogP contribution in [-0.2, 0) is 9.84 Å². The molecule has 8 nitrogen and oxygen atoms in total. The van der Waals surface area contributed by atoms with Gasteiger partial charge in [0.25, 0.3) is 5.91 Å². The van der Waals surface area contributed by atoms with Gasteiger partial charge in [0, 0.05) is 17.5 Å². The molecule has 3 rings (SSSR count). The third kappa shape index (κ3) is 4.52. The normalized spacial score (nSPS) is 11.0. The fraction of sp³-hybridized carbons (Fsp3) is 0.150. The summed E-state index contributed by atoms with van der Waals surface area (Å²) in [6.45, 7) is 0. The van der Waals surface area contributed by atoms with Crippen molar-refractivity contribution in [2.24, 2.45) is 0 Å². The second-order valence-corrected chi connectivity index (χ2v) is 8.06. The van der Waals surface area contributed by atoms with Gasteiger partial charge in [-0.05, 0) is 36.4 Å². The summed E-state index contributed by atoms with van der Waals surface area (Å²) in [5.74, 6) is 0.475. The van der Waals surface area contributed by atoms with Crippen LogP contribution in [0.1, 0.15) is 10.4 Å². The summed E-state index contributed by atoms with van der Waals surface area (Å²) >= 11 is 0. The maximum absolute atomic E-state index is 12.6. The van der Waals surface area contributed by atoms with Gasteiger partial charge >= 0.3 is 0 Å². The number of rotatable bonds is 6. The summed E-state index contributed by atoms with van der Waals surface area (Å²) in [5.41, 5.74) is 2.17. The molecule has 0 aliphatic carbocycles. The average molecular weight is 413 g/mol. The topological polar surface area (TPSA) is 107 Å². The summed E-state index contributed by atoms with van der Waals surface area (Å²) in [5, 5.41) is 10.4. The third-order valence-corrected chi connectivity index (χ3v) is 5.08. The molecule has 29 heavy (non-hydrogen) atoms. The van der Waals surface area contributed by atoms with E-state index >= 15 is 0 Å². The van der Waals surface area contributed by atoms with E-state index in [2.05, 4.69) is 15.5 Å². The molecule has 1 aromatic heterocycles. The number of nitrogens with one attached hydrogen (secondary N) is 1. The Labute approximate surface area is 168 Å². The van der Waals surface area contributed by atoms with Gasteiger partial charge in [0.15, 0.2) is 26.4 Å². The van der Waals surface area contributed by atoms with E-state index in [1.54, 1.807) is 48.5 Å². The zero-order chi connectivity index (χ0) is 21.0. The maximum Gasteiger partial charge on any atom is 0.259 e. The lowest BCUT2D eigenvalue weighted by atomic mass is 10.1. The Morgan fingerprint density at radius 3 is 2.21 bits per heavy atom. The van der Waals surface area contributed by atoms with Gasteiger partial charge in [0.1, 0.15) is 0 Å². The Bertz CT molecular complexity index is 1130.